The number of carboxylic acid groups (broad SMARTS) is 1. The number of urea groups is 1. The van der Waals surface area contributed by atoms with Crippen LogP contribution >= 0.6 is 0 Å². The number of amides is 2. The highest BCUT2D eigenvalue weighted by molar-refractivity contribution is 5.82. The Morgan fingerprint density at radius 1 is 1.19 bits per heavy atom. The summed E-state index contributed by atoms with van der Waals surface area (Å²) in [7, 11) is 0. The first-order valence-corrected chi connectivity index (χ1v) is 5.79. The molecule has 0 saturated carbocycles. The van der Waals surface area contributed by atoms with Crippen LogP contribution in [0.15, 0.2) is 24.3 Å². The average molecular weight is 306 g/mol. The molecule has 0 heterocycles. The van der Waals surface area contributed by atoms with Gasteiger partial charge in [0.2, 0.25) is 0 Å². The van der Waals surface area contributed by atoms with Gasteiger partial charge in [-0.05, 0) is 17.7 Å². The highest BCUT2D eigenvalue weighted by Gasteiger charge is 2.28. The lowest BCUT2D eigenvalue weighted by Crippen LogP contribution is -2.49. The van der Waals surface area contributed by atoms with E-state index in [-0.39, 0.29) is 12.2 Å². The quantitative estimate of drug-likeness (QED) is 0.658. The molecule has 1 atom stereocenters. The summed E-state index contributed by atoms with van der Waals surface area (Å²) in [6, 6.07) is 2.94. The third-order valence-corrected chi connectivity index (χ3v) is 2.43. The normalized spacial score (nSPS) is 12.5. The molecule has 4 N–H and O–H groups in total. The van der Waals surface area contributed by atoms with Gasteiger partial charge in [0, 0.05) is 6.42 Å². The molecule has 1 unspecified atom stereocenters. The molecule has 9 heteroatoms. The molecule has 0 aliphatic rings. The van der Waals surface area contributed by atoms with Crippen molar-refractivity contribution in [3.8, 4) is 5.75 Å². The van der Waals surface area contributed by atoms with E-state index in [9.17, 15) is 22.8 Å². The molecule has 0 aromatic heterocycles. The van der Waals surface area contributed by atoms with Gasteiger partial charge in [-0.2, -0.15) is 13.2 Å². The van der Waals surface area contributed by atoms with Gasteiger partial charge in [-0.1, -0.05) is 12.1 Å². The molecule has 1 aromatic carbocycles. The van der Waals surface area contributed by atoms with Crippen LogP contribution in [-0.2, 0) is 11.2 Å². The fraction of sp³-hybridized carbons (Fsp3) is 0.333. The Morgan fingerprint density at radius 2 is 1.76 bits per heavy atom. The average Bonchev–Trinajstić information content (AvgIpc) is 2.37. The summed E-state index contributed by atoms with van der Waals surface area (Å²) in [5.41, 5.74) is 0.497. The van der Waals surface area contributed by atoms with Gasteiger partial charge < -0.3 is 20.8 Å². The topological polar surface area (TPSA) is 98.7 Å². The van der Waals surface area contributed by atoms with E-state index in [0.717, 1.165) is 0 Å². The van der Waals surface area contributed by atoms with E-state index in [1.807, 2.05) is 5.32 Å². The summed E-state index contributed by atoms with van der Waals surface area (Å²) >= 11 is 0. The summed E-state index contributed by atoms with van der Waals surface area (Å²) in [5.74, 6) is -1.40. The number of hydrogen-bond donors (Lipinski definition) is 4. The van der Waals surface area contributed by atoms with Crippen LogP contribution in [0.3, 0.4) is 0 Å². The van der Waals surface area contributed by atoms with Crippen LogP contribution in [-0.4, -0.2) is 41.0 Å². The van der Waals surface area contributed by atoms with E-state index in [4.69, 9.17) is 10.2 Å². The molecule has 2 amide bonds. The van der Waals surface area contributed by atoms with Crippen LogP contribution in [0, 0.1) is 0 Å². The number of nitrogens with one attached hydrogen (secondary N) is 2. The minimum atomic E-state index is -4.58. The monoisotopic (exact) mass is 306 g/mol. The van der Waals surface area contributed by atoms with E-state index in [1.165, 1.54) is 29.6 Å². The van der Waals surface area contributed by atoms with Gasteiger partial charge in [-0.15, -0.1) is 0 Å². The summed E-state index contributed by atoms with van der Waals surface area (Å²) in [5, 5.41) is 21.5. The highest BCUT2D eigenvalue weighted by Crippen LogP contribution is 2.13. The predicted octanol–water partition coefficient (Wildman–Crippen LogP) is 1.25. The number of alkyl halides is 3. The van der Waals surface area contributed by atoms with Crippen LogP contribution in [0.2, 0.25) is 0 Å². The van der Waals surface area contributed by atoms with Gasteiger partial charge >= 0.3 is 18.2 Å². The SMILES string of the molecule is O=C(NCC(F)(F)F)NC(Cc1ccc(O)cc1)C(=O)O. The Labute approximate surface area is 117 Å². The maximum absolute atomic E-state index is 11.9. The minimum Gasteiger partial charge on any atom is -0.508 e. The number of aromatic hydroxyl groups is 1. The molecule has 6 nitrogen and oxygen atoms in total. The minimum absolute atomic E-state index is 0.0125. The van der Waals surface area contributed by atoms with Gasteiger partial charge in [0.25, 0.3) is 0 Å². The highest BCUT2D eigenvalue weighted by atomic mass is 19.4. The van der Waals surface area contributed by atoms with Crippen LogP contribution < -0.4 is 10.6 Å². The van der Waals surface area contributed by atoms with Gasteiger partial charge in [0.05, 0.1) is 0 Å². The molecular weight excluding hydrogens is 293 g/mol. The fourth-order valence-electron chi connectivity index (χ4n) is 1.46. The maximum atomic E-state index is 11.9. The summed E-state index contributed by atoms with van der Waals surface area (Å²) < 4.78 is 35.7. The van der Waals surface area contributed by atoms with Crippen LogP contribution in [0.25, 0.3) is 0 Å². The molecule has 0 aliphatic carbocycles. The van der Waals surface area contributed by atoms with Crippen molar-refractivity contribution in [3.63, 3.8) is 0 Å². The standard InChI is InChI=1S/C12H13F3N2O4/c13-12(14,15)6-16-11(21)17-9(10(19)20)5-7-1-3-8(18)4-2-7/h1-4,9,18H,5-6H2,(H,19,20)(H2,16,17,21). The fourth-order valence-corrected chi connectivity index (χ4v) is 1.46. The van der Waals surface area contributed by atoms with Gasteiger partial charge in [0.15, 0.2) is 0 Å². The van der Waals surface area contributed by atoms with Crippen molar-refractivity contribution in [2.45, 2.75) is 18.6 Å². The maximum Gasteiger partial charge on any atom is 0.405 e. The Hall–Kier alpha value is -2.45. The zero-order valence-corrected chi connectivity index (χ0v) is 10.6. The Morgan fingerprint density at radius 3 is 2.24 bits per heavy atom. The zero-order valence-electron chi connectivity index (χ0n) is 10.6. The molecule has 0 fully saturated rings. The first-order chi connectivity index (χ1) is 9.67. The number of phenols is 1. The molecule has 0 saturated heterocycles. The number of carbonyl (C=O) groups is 2. The molecular formula is C12H13F3N2O4. The number of carboxylic acids is 1. The number of aliphatic carboxylic acids is 1. The first-order valence-electron chi connectivity index (χ1n) is 5.79. The molecule has 0 aliphatic heterocycles. The summed E-state index contributed by atoms with van der Waals surface area (Å²) in [4.78, 5) is 22.2. The van der Waals surface area contributed by atoms with E-state index < -0.39 is 30.8 Å². The Kier molecular flexibility index (Phi) is 5.39. The summed E-state index contributed by atoms with van der Waals surface area (Å²) in [6.07, 6.45) is -4.71. The lowest BCUT2D eigenvalue weighted by atomic mass is 10.1. The Bertz CT molecular complexity index is 502. The van der Waals surface area contributed by atoms with Crippen molar-refractivity contribution in [3.05, 3.63) is 29.8 Å². The van der Waals surface area contributed by atoms with Crippen LogP contribution in [0.1, 0.15) is 5.56 Å². The number of hydrogen-bond acceptors (Lipinski definition) is 3. The summed E-state index contributed by atoms with van der Waals surface area (Å²) in [6.45, 7) is -1.55. The third kappa shape index (κ3) is 6.50. The number of carbonyl (C=O) groups excluding carboxylic acids is 1. The van der Waals surface area contributed by atoms with E-state index in [0.29, 0.717) is 5.56 Å². The molecule has 21 heavy (non-hydrogen) atoms. The molecule has 0 bridgehead atoms. The number of rotatable bonds is 5. The predicted molar refractivity (Wildman–Crippen MR) is 65.8 cm³/mol. The molecule has 0 radical (unpaired) electrons. The van der Waals surface area contributed by atoms with Crippen molar-refractivity contribution in [1.82, 2.24) is 10.6 Å². The second kappa shape index (κ2) is 6.82. The molecule has 1 aromatic rings. The third-order valence-electron chi connectivity index (χ3n) is 2.43. The van der Waals surface area contributed by atoms with E-state index in [2.05, 4.69) is 0 Å². The largest absolute Gasteiger partial charge is 0.508 e. The van der Waals surface area contributed by atoms with Gasteiger partial charge in [0.1, 0.15) is 18.3 Å². The first kappa shape index (κ1) is 16.6. The lowest BCUT2D eigenvalue weighted by molar-refractivity contribution is -0.139. The van der Waals surface area contributed by atoms with E-state index in [1.54, 1.807) is 0 Å². The van der Waals surface area contributed by atoms with Gasteiger partial charge in [-0.25, -0.2) is 9.59 Å². The smallest absolute Gasteiger partial charge is 0.405 e. The molecule has 0 spiro atoms. The van der Waals surface area contributed by atoms with Crippen molar-refractivity contribution >= 4 is 12.0 Å². The second-order valence-corrected chi connectivity index (χ2v) is 4.20. The Balaban J connectivity index is 2.59. The molecule has 1 rings (SSSR count). The van der Waals surface area contributed by atoms with Crippen molar-refractivity contribution in [2.24, 2.45) is 0 Å². The second-order valence-electron chi connectivity index (χ2n) is 4.20. The van der Waals surface area contributed by atoms with Crippen molar-refractivity contribution in [2.75, 3.05) is 6.54 Å². The van der Waals surface area contributed by atoms with Crippen molar-refractivity contribution in [1.29, 1.82) is 0 Å². The van der Waals surface area contributed by atoms with Gasteiger partial charge in [-0.3, -0.25) is 0 Å². The lowest BCUT2D eigenvalue weighted by Gasteiger charge is -2.16. The molecule has 116 valence electrons. The van der Waals surface area contributed by atoms with E-state index >= 15 is 0 Å². The zero-order chi connectivity index (χ0) is 16.0. The van der Waals surface area contributed by atoms with Crippen LogP contribution in [0.5, 0.6) is 5.75 Å². The number of phenolic OH excluding ortho intramolecular Hbond substituents is 1. The van der Waals surface area contributed by atoms with Crippen molar-refractivity contribution < 1.29 is 33.0 Å². The van der Waals surface area contributed by atoms with Crippen LogP contribution in [0.4, 0.5) is 18.0 Å². The number of benzene rings is 1. The number of halogens is 3.